The van der Waals surface area contributed by atoms with Crippen molar-refractivity contribution in [1.29, 1.82) is 0 Å². The molecular weight excluding hydrogens is 438 g/mol. The lowest BCUT2D eigenvalue weighted by atomic mass is 9.49. The Morgan fingerprint density at radius 3 is 2.28 bits per heavy atom. The summed E-state index contributed by atoms with van der Waals surface area (Å²) in [4.78, 5) is 18.0. The van der Waals surface area contributed by atoms with Crippen LogP contribution in [0.25, 0.3) is 11.3 Å². The number of benzene rings is 2. The number of para-hydroxylation sites is 1. The van der Waals surface area contributed by atoms with Crippen LogP contribution in [0.15, 0.2) is 53.9 Å². The van der Waals surface area contributed by atoms with Crippen LogP contribution in [0, 0.1) is 23.2 Å². The van der Waals surface area contributed by atoms with Gasteiger partial charge in [-0.2, -0.15) is 0 Å². The smallest absolute Gasteiger partial charge is 0.230 e. The lowest BCUT2D eigenvalue weighted by Crippen LogP contribution is -2.51. The molecule has 4 aliphatic rings. The maximum atomic E-state index is 13.3. The summed E-state index contributed by atoms with van der Waals surface area (Å²) in [7, 11) is 0. The molecule has 1 amide bonds. The fourth-order valence-electron chi connectivity index (χ4n) is 6.52. The molecule has 1 heterocycles. The topological polar surface area (TPSA) is 54.0 Å². The molecule has 1 aromatic heterocycles. The van der Waals surface area contributed by atoms with Crippen molar-refractivity contribution in [3.05, 3.63) is 58.9 Å². The van der Waals surface area contributed by atoms with Gasteiger partial charge in [0.05, 0.1) is 21.8 Å². The molecule has 4 aliphatic carbocycles. The molecule has 164 valence electrons. The van der Waals surface area contributed by atoms with E-state index in [4.69, 9.17) is 16.6 Å². The lowest BCUT2D eigenvalue weighted by molar-refractivity contribution is -0.140. The molecule has 7 rings (SSSR count). The molecule has 4 saturated carbocycles. The van der Waals surface area contributed by atoms with Gasteiger partial charge in [0.2, 0.25) is 5.91 Å². The van der Waals surface area contributed by atoms with Crippen LogP contribution in [-0.4, -0.2) is 10.9 Å². The molecule has 2 aromatic carbocycles. The number of hydrogen-bond acceptors (Lipinski definition) is 4. The average molecular weight is 464 g/mol. The zero-order chi connectivity index (χ0) is 21.7. The van der Waals surface area contributed by atoms with Crippen LogP contribution in [-0.2, 0) is 4.79 Å². The zero-order valence-electron chi connectivity index (χ0n) is 17.8. The number of hydrogen-bond donors (Lipinski definition) is 2. The number of thiazole rings is 1. The summed E-state index contributed by atoms with van der Waals surface area (Å²) < 4.78 is 0. The highest BCUT2D eigenvalue weighted by atomic mass is 35.5. The van der Waals surface area contributed by atoms with Gasteiger partial charge in [-0.3, -0.25) is 4.79 Å². The number of anilines is 3. The van der Waals surface area contributed by atoms with Gasteiger partial charge in [0.1, 0.15) is 0 Å². The van der Waals surface area contributed by atoms with Crippen molar-refractivity contribution in [2.24, 2.45) is 23.2 Å². The van der Waals surface area contributed by atoms with Gasteiger partial charge in [-0.15, -0.1) is 11.3 Å². The number of amides is 1. The molecular formula is C26H26ClN3OS. The number of aromatic nitrogens is 1. The number of nitrogens with zero attached hydrogens (tertiary/aromatic N) is 1. The molecule has 0 saturated heterocycles. The molecule has 4 fully saturated rings. The van der Waals surface area contributed by atoms with Crippen molar-refractivity contribution in [3.63, 3.8) is 0 Å². The van der Waals surface area contributed by atoms with Gasteiger partial charge < -0.3 is 10.6 Å². The number of nitrogens with one attached hydrogen (secondary N) is 2. The summed E-state index contributed by atoms with van der Waals surface area (Å²) in [5, 5.41) is 10.0. The third kappa shape index (κ3) is 3.71. The quantitative estimate of drug-likeness (QED) is 0.415. The molecule has 0 atom stereocenters. The first-order valence-corrected chi connectivity index (χ1v) is 12.7. The third-order valence-electron chi connectivity index (χ3n) is 7.58. The van der Waals surface area contributed by atoms with Crippen LogP contribution in [0.2, 0.25) is 5.02 Å². The van der Waals surface area contributed by atoms with E-state index in [0.717, 1.165) is 64.8 Å². The summed E-state index contributed by atoms with van der Waals surface area (Å²) in [5.74, 6) is 2.55. The molecule has 4 bridgehead atoms. The molecule has 0 aliphatic heterocycles. The maximum Gasteiger partial charge on any atom is 0.230 e. The van der Waals surface area contributed by atoms with E-state index < -0.39 is 0 Å². The van der Waals surface area contributed by atoms with Crippen LogP contribution in [0.5, 0.6) is 0 Å². The molecule has 0 unspecified atom stereocenters. The molecule has 4 nitrogen and oxygen atoms in total. The Hall–Kier alpha value is -2.37. The van der Waals surface area contributed by atoms with Crippen LogP contribution < -0.4 is 10.6 Å². The summed E-state index contributed by atoms with van der Waals surface area (Å²) in [5.41, 5.74) is 3.53. The highest BCUT2D eigenvalue weighted by molar-refractivity contribution is 7.14. The Morgan fingerprint density at radius 2 is 1.62 bits per heavy atom. The fraction of sp³-hybridized carbons (Fsp3) is 0.385. The Morgan fingerprint density at radius 1 is 0.969 bits per heavy atom. The Kier molecular flexibility index (Phi) is 4.99. The van der Waals surface area contributed by atoms with Crippen molar-refractivity contribution in [3.8, 4) is 11.3 Å². The number of carbonyl (C=O) groups is 1. The minimum atomic E-state index is -0.123. The Labute approximate surface area is 197 Å². The van der Waals surface area contributed by atoms with Crippen LogP contribution in [0.4, 0.5) is 16.5 Å². The van der Waals surface area contributed by atoms with E-state index >= 15 is 0 Å². The van der Waals surface area contributed by atoms with Gasteiger partial charge in [0.25, 0.3) is 0 Å². The monoisotopic (exact) mass is 463 g/mol. The summed E-state index contributed by atoms with van der Waals surface area (Å²) in [6.07, 6.45) is 7.31. The van der Waals surface area contributed by atoms with Gasteiger partial charge >= 0.3 is 0 Å². The number of carbonyl (C=O) groups excluding carboxylic acids is 1. The molecule has 0 spiro atoms. The van der Waals surface area contributed by atoms with Crippen LogP contribution in [0.1, 0.15) is 38.5 Å². The first-order chi connectivity index (χ1) is 15.6. The second-order valence-corrected chi connectivity index (χ2v) is 11.1. The largest absolute Gasteiger partial charge is 0.330 e. The number of rotatable bonds is 5. The SMILES string of the molecule is O=C(Nc1ccc(-c2csc(Nc3ccccc3Cl)n2)cc1)C12CC3CC(CC(C3)C1)C2. The van der Waals surface area contributed by atoms with Crippen LogP contribution >= 0.6 is 22.9 Å². The molecule has 3 aromatic rings. The van der Waals surface area contributed by atoms with Crippen molar-refractivity contribution >= 4 is 45.4 Å². The van der Waals surface area contributed by atoms with Gasteiger partial charge in [0, 0.05) is 16.6 Å². The van der Waals surface area contributed by atoms with E-state index in [1.807, 2.05) is 53.9 Å². The number of halogens is 1. The predicted octanol–water partition coefficient (Wildman–Crippen LogP) is 7.36. The standard InChI is InChI=1S/C26H26ClN3OS/c27-21-3-1-2-4-22(21)29-25-30-23(15-32-25)19-5-7-20(8-6-19)28-24(31)26-12-16-9-17(13-26)11-18(10-16)14-26/h1-8,15-18H,9-14H2,(H,28,31)(H,29,30). The second kappa shape index (κ2) is 7.89. The van der Waals surface area contributed by atoms with Gasteiger partial charge in [0.15, 0.2) is 5.13 Å². The van der Waals surface area contributed by atoms with E-state index in [-0.39, 0.29) is 11.3 Å². The summed E-state index contributed by atoms with van der Waals surface area (Å²) >= 11 is 7.78. The Balaban J connectivity index is 1.14. The van der Waals surface area contributed by atoms with E-state index in [2.05, 4.69) is 10.6 Å². The lowest BCUT2D eigenvalue weighted by Gasteiger charge is -2.55. The van der Waals surface area contributed by atoms with Crippen molar-refractivity contribution in [1.82, 2.24) is 4.98 Å². The Bertz CT molecular complexity index is 1120. The normalized spacial score (nSPS) is 28.0. The molecule has 0 radical (unpaired) electrons. The molecule has 2 N–H and O–H groups in total. The fourth-order valence-corrected chi connectivity index (χ4v) is 7.43. The van der Waals surface area contributed by atoms with Gasteiger partial charge in [-0.1, -0.05) is 35.9 Å². The van der Waals surface area contributed by atoms with E-state index in [0.29, 0.717) is 5.02 Å². The highest BCUT2D eigenvalue weighted by Crippen LogP contribution is 2.60. The highest BCUT2D eigenvalue weighted by Gasteiger charge is 2.54. The van der Waals surface area contributed by atoms with E-state index in [9.17, 15) is 4.79 Å². The third-order valence-corrected chi connectivity index (χ3v) is 8.67. The van der Waals surface area contributed by atoms with E-state index in [1.165, 1.54) is 19.3 Å². The summed E-state index contributed by atoms with van der Waals surface area (Å²) in [6, 6.07) is 15.7. The van der Waals surface area contributed by atoms with Crippen molar-refractivity contribution in [2.45, 2.75) is 38.5 Å². The van der Waals surface area contributed by atoms with Gasteiger partial charge in [-0.05, 0) is 80.5 Å². The first-order valence-electron chi connectivity index (χ1n) is 11.5. The minimum absolute atomic E-state index is 0.123. The minimum Gasteiger partial charge on any atom is -0.330 e. The van der Waals surface area contributed by atoms with Gasteiger partial charge in [-0.25, -0.2) is 4.98 Å². The second-order valence-electron chi connectivity index (χ2n) is 9.87. The average Bonchev–Trinajstić information content (AvgIpc) is 3.23. The molecule has 32 heavy (non-hydrogen) atoms. The summed E-state index contributed by atoms with van der Waals surface area (Å²) in [6.45, 7) is 0. The first kappa shape index (κ1) is 20.3. The van der Waals surface area contributed by atoms with Crippen LogP contribution in [0.3, 0.4) is 0 Å². The predicted molar refractivity (Wildman–Crippen MR) is 132 cm³/mol. The maximum absolute atomic E-state index is 13.3. The zero-order valence-corrected chi connectivity index (χ0v) is 19.4. The van der Waals surface area contributed by atoms with E-state index in [1.54, 1.807) is 11.3 Å². The van der Waals surface area contributed by atoms with Crippen molar-refractivity contribution in [2.75, 3.05) is 10.6 Å². The van der Waals surface area contributed by atoms with Crippen molar-refractivity contribution < 1.29 is 4.79 Å². The molecule has 6 heteroatoms.